The second-order valence-electron chi connectivity index (χ2n) is 5.42. The maximum Gasteiger partial charge on any atom is 0.227 e. The first kappa shape index (κ1) is 17.4. The van der Waals surface area contributed by atoms with Crippen molar-refractivity contribution in [2.75, 3.05) is 6.54 Å². The lowest BCUT2D eigenvalue weighted by Gasteiger charge is -2.30. The minimum absolute atomic E-state index is 0.137. The number of hydrogen-bond donors (Lipinski definition) is 2. The molecule has 0 aromatic heterocycles. The van der Waals surface area contributed by atoms with E-state index in [1.165, 1.54) is 25.7 Å². The summed E-state index contributed by atoms with van der Waals surface area (Å²) in [4.78, 5) is 12.3. The van der Waals surface area contributed by atoms with Gasteiger partial charge >= 0.3 is 0 Å². The van der Waals surface area contributed by atoms with Gasteiger partial charge in [0.25, 0.3) is 0 Å². The number of rotatable bonds is 10. The third-order valence-electron chi connectivity index (χ3n) is 4.09. The smallest absolute Gasteiger partial charge is 0.227 e. The van der Waals surface area contributed by atoms with Crippen molar-refractivity contribution in [1.82, 2.24) is 5.32 Å². The predicted molar refractivity (Wildman–Crippen MR) is 78.4 cm³/mol. The Kier molecular flexibility index (Phi) is 9.08. The Morgan fingerprint density at radius 2 is 1.78 bits per heavy atom. The minimum atomic E-state index is -0.363. The zero-order valence-electron chi connectivity index (χ0n) is 12.7. The van der Waals surface area contributed by atoms with E-state index in [1.807, 2.05) is 13.8 Å². The summed E-state index contributed by atoms with van der Waals surface area (Å²) in [5.41, 5.74) is 5.42. The van der Waals surface area contributed by atoms with E-state index in [4.69, 9.17) is 5.73 Å². The summed E-state index contributed by atoms with van der Waals surface area (Å²) in [5.74, 6) is 0.137. The molecule has 0 heterocycles. The van der Waals surface area contributed by atoms with E-state index in [-0.39, 0.29) is 17.4 Å². The molecule has 1 amide bonds. The van der Waals surface area contributed by atoms with Crippen molar-refractivity contribution >= 4 is 5.91 Å². The summed E-state index contributed by atoms with van der Waals surface area (Å²) in [6.07, 6.45) is 7.70. The first-order chi connectivity index (χ1) is 8.56. The molecule has 108 valence electrons. The first-order valence-corrected chi connectivity index (χ1v) is 7.57. The van der Waals surface area contributed by atoms with Gasteiger partial charge in [0.15, 0.2) is 0 Å². The number of nitrogens with one attached hydrogen (secondary N) is 1. The first-order valence-electron chi connectivity index (χ1n) is 7.57. The van der Waals surface area contributed by atoms with Gasteiger partial charge in [-0.1, -0.05) is 46.5 Å². The second kappa shape index (κ2) is 9.37. The molecule has 0 spiro atoms. The van der Waals surface area contributed by atoms with Gasteiger partial charge in [0.05, 0.1) is 5.41 Å². The third-order valence-corrected chi connectivity index (χ3v) is 4.09. The molecule has 3 heteroatoms. The topological polar surface area (TPSA) is 55.1 Å². The van der Waals surface area contributed by atoms with Crippen molar-refractivity contribution in [3.05, 3.63) is 0 Å². The molecule has 0 aromatic rings. The van der Waals surface area contributed by atoms with Crippen LogP contribution in [-0.4, -0.2) is 18.5 Å². The lowest BCUT2D eigenvalue weighted by molar-refractivity contribution is -0.131. The number of nitrogens with two attached hydrogens (primary N) is 1. The largest absolute Gasteiger partial charge is 0.353 e. The SMILES string of the molecule is CCCCCCC(C)NC(=O)C(CC)(CC)CN. The average molecular weight is 256 g/mol. The monoisotopic (exact) mass is 256 g/mol. The van der Waals surface area contributed by atoms with Crippen LogP contribution in [0.25, 0.3) is 0 Å². The molecule has 0 aliphatic carbocycles. The Bertz CT molecular complexity index is 216. The molecule has 0 saturated heterocycles. The molecule has 0 radical (unpaired) electrons. The van der Waals surface area contributed by atoms with Crippen LogP contribution in [0.3, 0.4) is 0 Å². The molecule has 18 heavy (non-hydrogen) atoms. The Balaban J connectivity index is 4.12. The summed E-state index contributed by atoms with van der Waals surface area (Å²) in [6.45, 7) is 8.83. The van der Waals surface area contributed by atoms with Crippen LogP contribution in [-0.2, 0) is 4.79 Å². The zero-order chi connectivity index (χ0) is 14.0. The van der Waals surface area contributed by atoms with Gasteiger partial charge in [-0.05, 0) is 26.2 Å². The molecule has 1 unspecified atom stereocenters. The Morgan fingerprint density at radius 1 is 1.17 bits per heavy atom. The van der Waals surface area contributed by atoms with Gasteiger partial charge in [-0.3, -0.25) is 4.79 Å². The lowest BCUT2D eigenvalue weighted by atomic mass is 9.81. The Labute approximate surface area is 113 Å². The van der Waals surface area contributed by atoms with Crippen molar-refractivity contribution in [3.8, 4) is 0 Å². The van der Waals surface area contributed by atoms with E-state index < -0.39 is 0 Å². The van der Waals surface area contributed by atoms with Crippen LogP contribution < -0.4 is 11.1 Å². The fourth-order valence-corrected chi connectivity index (χ4v) is 2.28. The van der Waals surface area contributed by atoms with Crippen molar-refractivity contribution in [1.29, 1.82) is 0 Å². The molecular formula is C15H32N2O. The van der Waals surface area contributed by atoms with Gasteiger partial charge in [-0.25, -0.2) is 0 Å². The molecule has 0 rings (SSSR count). The zero-order valence-corrected chi connectivity index (χ0v) is 12.7. The highest BCUT2D eigenvalue weighted by Crippen LogP contribution is 2.25. The Hall–Kier alpha value is -0.570. The molecule has 0 bridgehead atoms. The molecule has 0 aliphatic rings. The summed E-state index contributed by atoms with van der Waals surface area (Å²) >= 11 is 0. The van der Waals surface area contributed by atoms with E-state index in [2.05, 4.69) is 19.2 Å². The summed E-state index contributed by atoms with van der Waals surface area (Å²) in [5, 5.41) is 3.13. The van der Waals surface area contributed by atoms with Gasteiger partial charge in [0.2, 0.25) is 5.91 Å². The fraction of sp³-hybridized carbons (Fsp3) is 0.933. The van der Waals surface area contributed by atoms with E-state index in [0.29, 0.717) is 6.54 Å². The van der Waals surface area contributed by atoms with Crippen LogP contribution in [0.15, 0.2) is 0 Å². The van der Waals surface area contributed by atoms with Crippen LogP contribution in [0.5, 0.6) is 0 Å². The van der Waals surface area contributed by atoms with Crippen molar-refractivity contribution in [3.63, 3.8) is 0 Å². The quantitative estimate of drug-likeness (QED) is 0.590. The second-order valence-corrected chi connectivity index (χ2v) is 5.42. The van der Waals surface area contributed by atoms with E-state index in [1.54, 1.807) is 0 Å². The van der Waals surface area contributed by atoms with Crippen LogP contribution in [0.1, 0.15) is 72.6 Å². The lowest BCUT2D eigenvalue weighted by Crippen LogP contribution is -2.48. The van der Waals surface area contributed by atoms with Crippen LogP contribution in [0, 0.1) is 5.41 Å². The predicted octanol–water partition coefficient (Wildman–Crippen LogP) is 3.23. The highest BCUT2D eigenvalue weighted by Gasteiger charge is 2.33. The number of unbranched alkanes of at least 4 members (excludes halogenated alkanes) is 3. The molecule has 0 aliphatic heterocycles. The maximum absolute atomic E-state index is 12.3. The van der Waals surface area contributed by atoms with Crippen molar-refractivity contribution in [2.24, 2.45) is 11.1 Å². The highest BCUT2D eigenvalue weighted by molar-refractivity contribution is 5.83. The Morgan fingerprint density at radius 3 is 2.22 bits per heavy atom. The minimum Gasteiger partial charge on any atom is -0.353 e. The van der Waals surface area contributed by atoms with Gasteiger partial charge in [-0.15, -0.1) is 0 Å². The molecule has 3 nitrogen and oxygen atoms in total. The summed E-state index contributed by atoms with van der Waals surface area (Å²) in [6, 6.07) is 0.262. The third kappa shape index (κ3) is 5.38. The van der Waals surface area contributed by atoms with Crippen LogP contribution in [0.4, 0.5) is 0 Å². The highest BCUT2D eigenvalue weighted by atomic mass is 16.2. The van der Waals surface area contributed by atoms with Crippen molar-refractivity contribution < 1.29 is 4.79 Å². The molecule has 0 aromatic carbocycles. The summed E-state index contributed by atoms with van der Waals surface area (Å²) < 4.78 is 0. The number of carbonyl (C=O) groups is 1. The average Bonchev–Trinajstić information content (AvgIpc) is 2.37. The van der Waals surface area contributed by atoms with Gasteiger partial charge < -0.3 is 11.1 Å². The molecule has 0 saturated carbocycles. The maximum atomic E-state index is 12.3. The van der Waals surface area contributed by atoms with Gasteiger partial charge in [0, 0.05) is 12.6 Å². The molecule has 3 N–H and O–H groups in total. The van der Waals surface area contributed by atoms with Gasteiger partial charge in [0.1, 0.15) is 0 Å². The van der Waals surface area contributed by atoms with E-state index in [0.717, 1.165) is 19.3 Å². The van der Waals surface area contributed by atoms with Crippen LogP contribution in [0.2, 0.25) is 0 Å². The number of carbonyl (C=O) groups excluding carboxylic acids is 1. The number of hydrogen-bond acceptors (Lipinski definition) is 2. The van der Waals surface area contributed by atoms with E-state index >= 15 is 0 Å². The van der Waals surface area contributed by atoms with Crippen molar-refractivity contribution in [2.45, 2.75) is 78.7 Å². The molecule has 1 atom stereocenters. The standard InChI is InChI=1S/C15H32N2O/c1-5-8-9-10-11-13(4)17-14(18)15(6-2,7-3)12-16/h13H,5-12,16H2,1-4H3,(H,17,18). The van der Waals surface area contributed by atoms with Gasteiger partial charge in [-0.2, -0.15) is 0 Å². The van der Waals surface area contributed by atoms with E-state index in [9.17, 15) is 4.79 Å². The van der Waals surface area contributed by atoms with Crippen LogP contribution >= 0.6 is 0 Å². The summed E-state index contributed by atoms with van der Waals surface area (Å²) in [7, 11) is 0. The molecular weight excluding hydrogens is 224 g/mol. The molecule has 0 fully saturated rings. The fourth-order valence-electron chi connectivity index (χ4n) is 2.28. The number of amides is 1. The normalized spacial score (nSPS) is 13.4.